The molecule has 3 aromatic rings. The minimum atomic E-state index is -0.262. The Bertz CT molecular complexity index is 1020. The summed E-state index contributed by atoms with van der Waals surface area (Å²) in [6, 6.07) is 16.0. The third-order valence-electron chi connectivity index (χ3n) is 6.06. The van der Waals surface area contributed by atoms with Gasteiger partial charge in [-0.25, -0.2) is 4.79 Å². The zero-order valence-electron chi connectivity index (χ0n) is 19.3. The fraction of sp³-hybridized carbons (Fsp3) is 0.370. The molecule has 2 aromatic heterocycles. The van der Waals surface area contributed by atoms with Gasteiger partial charge in [0.2, 0.25) is 0 Å². The highest BCUT2D eigenvalue weighted by Crippen LogP contribution is 2.16. The van der Waals surface area contributed by atoms with Crippen molar-refractivity contribution in [3.05, 3.63) is 89.5 Å². The van der Waals surface area contributed by atoms with Gasteiger partial charge in [0.25, 0.3) is 0 Å². The number of aryl methyl sites for hydroxylation is 4. The van der Waals surface area contributed by atoms with E-state index in [2.05, 4.69) is 33.9 Å². The second-order valence-electron chi connectivity index (χ2n) is 8.63. The third-order valence-corrected chi connectivity index (χ3v) is 6.06. The van der Waals surface area contributed by atoms with E-state index in [1.807, 2.05) is 48.8 Å². The van der Waals surface area contributed by atoms with Crippen molar-refractivity contribution in [2.45, 2.75) is 32.6 Å². The molecular formula is C27H32N4O2. The number of benzene rings is 1. The maximum absolute atomic E-state index is 12.6. The largest absolute Gasteiger partial charge is 0.415 e. The van der Waals surface area contributed by atoms with Crippen LogP contribution in [0.5, 0.6) is 5.75 Å². The summed E-state index contributed by atoms with van der Waals surface area (Å²) in [5, 5.41) is 0. The molecular weight excluding hydrogens is 412 g/mol. The normalized spacial score (nSPS) is 14.3. The van der Waals surface area contributed by atoms with Crippen LogP contribution in [0.3, 0.4) is 0 Å². The first-order chi connectivity index (χ1) is 16.2. The van der Waals surface area contributed by atoms with Crippen molar-refractivity contribution < 1.29 is 9.53 Å². The molecule has 0 saturated carbocycles. The SMILES string of the molecule is Cc1ccnc(CCc2ccc(OC(=O)N3CCN(CCCc4cccnc4)CC3)cc2)c1. The van der Waals surface area contributed by atoms with Gasteiger partial charge in [0.15, 0.2) is 0 Å². The smallest absolute Gasteiger partial charge is 0.410 e. The lowest BCUT2D eigenvalue weighted by Crippen LogP contribution is -2.49. The first kappa shape index (κ1) is 22.9. The molecule has 1 saturated heterocycles. The molecule has 33 heavy (non-hydrogen) atoms. The summed E-state index contributed by atoms with van der Waals surface area (Å²) < 4.78 is 5.61. The van der Waals surface area contributed by atoms with Crippen molar-refractivity contribution >= 4 is 6.09 Å². The predicted molar refractivity (Wildman–Crippen MR) is 129 cm³/mol. The zero-order chi connectivity index (χ0) is 22.9. The van der Waals surface area contributed by atoms with Crippen LogP contribution in [0.15, 0.2) is 67.1 Å². The lowest BCUT2D eigenvalue weighted by atomic mass is 10.1. The highest BCUT2D eigenvalue weighted by Gasteiger charge is 2.22. The molecule has 0 aliphatic carbocycles. The van der Waals surface area contributed by atoms with Gasteiger partial charge in [-0.15, -0.1) is 0 Å². The molecule has 0 spiro atoms. The molecule has 1 amide bonds. The van der Waals surface area contributed by atoms with E-state index in [1.165, 1.54) is 16.7 Å². The Kier molecular flexibility index (Phi) is 8.04. The van der Waals surface area contributed by atoms with E-state index in [-0.39, 0.29) is 6.09 Å². The van der Waals surface area contributed by atoms with Crippen LogP contribution >= 0.6 is 0 Å². The minimum absolute atomic E-state index is 0.262. The summed E-state index contributed by atoms with van der Waals surface area (Å²) in [5.41, 5.74) is 4.81. The van der Waals surface area contributed by atoms with Crippen molar-refractivity contribution in [3.63, 3.8) is 0 Å². The van der Waals surface area contributed by atoms with E-state index in [9.17, 15) is 4.79 Å². The number of hydrogen-bond donors (Lipinski definition) is 0. The average Bonchev–Trinajstić information content (AvgIpc) is 2.85. The fourth-order valence-corrected chi connectivity index (χ4v) is 4.10. The van der Waals surface area contributed by atoms with E-state index in [0.29, 0.717) is 18.8 Å². The Balaban J connectivity index is 1.16. The molecule has 0 atom stereocenters. The number of pyridine rings is 2. The lowest BCUT2D eigenvalue weighted by Gasteiger charge is -2.34. The van der Waals surface area contributed by atoms with E-state index < -0.39 is 0 Å². The maximum atomic E-state index is 12.6. The number of hydrogen-bond acceptors (Lipinski definition) is 5. The summed E-state index contributed by atoms with van der Waals surface area (Å²) >= 11 is 0. The number of nitrogens with zero attached hydrogens (tertiary/aromatic N) is 4. The van der Waals surface area contributed by atoms with Crippen LogP contribution in [0.1, 0.15) is 28.8 Å². The molecule has 0 bridgehead atoms. The van der Waals surface area contributed by atoms with Crippen molar-refractivity contribution in [2.24, 2.45) is 0 Å². The molecule has 0 unspecified atom stereocenters. The first-order valence-corrected chi connectivity index (χ1v) is 11.7. The van der Waals surface area contributed by atoms with Crippen LogP contribution in [0.2, 0.25) is 0 Å². The van der Waals surface area contributed by atoms with Crippen molar-refractivity contribution in [3.8, 4) is 5.75 Å². The summed E-state index contributed by atoms with van der Waals surface area (Å²) in [7, 11) is 0. The van der Waals surface area contributed by atoms with Crippen molar-refractivity contribution in [1.82, 2.24) is 19.8 Å². The number of amides is 1. The molecule has 0 N–H and O–H groups in total. The van der Waals surface area contributed by atoms with Gasteiger partial charge >= 0.3 is 6.09 Å². The van der Waals surface area contributed by atoms with Gasteiger partial charge < -0.3 is 9.64 Å². The third kappa shape index (κ3) is 7.12. The van der Waals surface area contributed by atoms with Gasteiger partial charge in [0.05, 0.1) is 0 Å². The highest BCUT2D eigenvalue weighted by atomic mass is 16.6. The van der Waals surface area contributed by atoms with Gasteiger partial charge in [-0.3, -0.25) is 14.9 Å². The molecule has 172 valence electrons. The summed E-state index contributed by atoms with van der Waals surface area (Å²) in [5.74, 6) is 0.594. The molecule has 4 rings (SSSR count). The maximum Gasteiger partial charge on any atom is 0.415 e. The highest BCUT2D eigenvalue weighted by molar-refractivity contribution is 5.70. The van der Waals surface area contributed by atoms with Gasteiger partial charge in [-0.1, -0.05) is 18.2 Å². The molecule has 1 aliphatic rings. The standard InChI is InChI=1S/C27H32N4O2/c1-22-12-14-29-25(20-22)9-6-23-7-10-26(11-8-23)33-27(32)31-18-16-30(17-19-31)15-3-5-24-4-2-13-28-21-24/h2,4,7-8,10-14,20-21H,3,5-6,9,15-19H2,1H3. The van der Waals surface area contributed by atoms with E-state index in [1.54, 1.807) is 11.1 Å². The molecule has 1 aromatic carbocycles. The Morgan fingerprint density at radius 1 is 0.939 bits per heavy atom. The lowest BCUT2D eigenvalue weighted by molar-refractivity contribution is 0.110. The zero-order valence-corrected chi connectivity index (χ0v) is 19.3. The number of aromatic nitrogens is 2. The van der Waals surface area contributed by atoms with E-state index in [4.69, 9.17) is 4.74 Å². The number of piperazine rings is 1. The van der Waals surface area contributed by atoms with E-state index in [0.717, 1.165) is 51.0 Å². The monoisotopic (exact) mass is 444 g/mol. The van der Waals surface area contributed by atoms with Gasteiger partial charge in [-0.05, 0) is 86.2 Å². The molecule has 1 fully saturated rings. The molecule has 3 heterocycles. The topological polar surface area (TPSA) is 58.6 Å². The summed E-state index contributed by atoms with van der Waals surface area (Å²) in [6.45, 7) is 6.29. The molecule has 1 aliphatic heterocycles. The van der Waals surface area contributed by atoms with Gasteiger partial charge in [0.1, 0.15) is 5.75 Å². The molecule has 6 nitrogen and oxygen atoms in total. The number of carbonyl (C=O) groups is 1. The number of rotatable bonds is 8. The number of carbonyl (C=O) groups excluding carboxylic acids is 1. The van der Waals surface area contributed by atoms with Crippen LogP contribution in [0.25, 0.3) is 0 Å². The predicted octanol–water partition coefficient (Wildman–Crippen LogP) is 4.32. The number of ether oxygens (including phenoxy) is 1. The van der Waals surface area contributed by atoms with E-state index >= 15 is 0 Å². The van der Waals surface area contributed by atoms with Crippen LogP contribution in [-0.2, 0) is 19.3 Å². The molecule has 6 heteroatoms. The van der Waals surface area contributed by atoms with Gasteiger partial charge in [0, 0.05) is 50.5 Å². The van der Waals surface area contributed by atoms with Crippen LogP contribution in [0.4, 0.5) is 4.79 Å². The van der Waals surface area contributed by atoms with Gasteiger partial charge in [-0.2, -0.15) is 0 Å². The average molecular weight is 445 g/mol. The fourth-order valence-electron chi connectivity index (χ4n) is 4.10. The second-order valence-corrected chi connectivity index (χ2v) is 8.63. The Labute approximate surface area is 196 Å². The quantitative estimate of drug-likeness (QED) is 0.518. The Morgan fingerprint density at radius 2 is 1.76 bits per heavy atom. The van der Waals surface area contributed by atoms with Crippen molar-refractivity contribution in [1.29, 1.82) is 0 Å². The Hall–Kier alpha value is -3.25. The summed E-state index contributed by atoms with van der Waals surface area (Å²) in [4.78, 5) is 25.4. The van der Waals surface area contributed by atoms with Crippen LogP contribution in [0, 0.1) is 6.92 Å². The van der Waals surface area contributed by atoms with Crippen molar-refractivity contribution in [2.75, 3.05) is 32.7 Å². The van der Waals surface area contributed by atoms with Crippen LogP contribution < -0.4 is 4.74 Å². The Morgan fingerprint density at radius 3 is 2.48 bits per heavy atom. The minimum Gasteiger partial charge on any atom is -0.410 e. The first-order valence-electron chi connectivity index (χ1n) is 11.7. The second kappa shape index (κ2) is 11.6. The molecule has 0 radical (unpaired) electrons. The van der Waals surface area contributed by atoms with Crippen LogP contribution in [-0.4, -0.2) is 58.6 Å². The summed E-state index contributed by atoms with van der Waals surface area (Å²) in [6.07, 6.45) is 9.27.